The average molecular weight is 396 g/mol. The number of fused-ring (bicyclic) bond motifs is 1. The maximum absolute atomic E-state index is 13.0. The Labute approximate surface area is 163 Å². The summed E-state index contributed by atoms with van der Waals surface area (Å²) in [5.41, 5.74) is -0.371. The molecular formula is C19H26ClN3O4. The van der Waals surface area contributed by atoms with Crippen LogP contribution < -0.4 is 10.9 Å². The Bertz CT molecular complexity index is 874. The minimum absolute atomic E-state index is 0.241. The number of halogens is 1. The summed E-state index contributed by atoms with van der Waals surface area (Å²) in [5.74, 6) is 0.441. The lowest BCUT2D eigenvalue weighted by Gasteiger charge is -2.23. The quantitative estimate of drug-likeness (QED) is 0.754. The first-order valence-corrected chi connectivity index (χ1v) is 9.19. The number of alkyl carbamates (subject to hydrolysis) is 1. The van der Waals surface area contributed by atoms with Gasteiger partial charge in [0.25, 0.3) is 5.56 Å². The van der Waals surface area contributed by atoms with Gasteiger partial charge in [-0.2, -0.15) is 0 Å². The summed E-state index contributed by atoms with van der Waals surface area (Å²) in [6, 6.07) is 4.60. The van der Waals surface area contributed by atoms with Crippen molar-refractivity contribution in [3.8, 4) is 0 Å². The lowest BCUT2D eigenvalue weighted by molar-refractivity contribution is 0.0504. The summed E-state index contributed by atoms with van der Waals surface area (Å²) >= 11 is 6.22. The maximum atomic E-state index is 13.0. The molecule has 0 spiro atoms. The van der Waals surface area contributed by atoms with Crippen LogP contribution in [0.4, 0.5) is 4.79 Å². The molecule has 27 heavy (non-hydrogen) atoms. The fourth-order valence-electron chi connectivity index (χ4n) is 2.70. The van der Waals surface area contributed by atoms with E-state index in [0.29, 0.717) is 41.3 Å². The van der Waals surface area contributed by atoms with Crippen molar-refractivity contribution < 1.29 is 14.3 Å². The molecule has 0 unspecified atom stereocenters. The van der Waals surface area contributed by atoms with Crippen molar-refractivity contribution in [3.05, 3.63) is 39.4 Å². The van der Waals surface area contributed by atoms with Crippen molar-refractivity contribution in [2.45, 2.75) is 52.3 Å². The SMILES string of the molecule is COCCCn1c([C@H](C)NC(=O)OC(C)(C)C)nc2cccc(Cl)c2c1=O. The lowest BCUT2D eigenvalue weighted by Crippen LogP contribution is -2.37. The second-order valence-electron chi connectivity index (χ2n) is 7.28. The molecule has 1 amide bonds. The van der Waals surface area contributed by atoms with Gasteiger partial charge in [0.05, 0.1) is 22.0 Å². The number of benzene rings is 1. The van der Waals surface area contributed by atoms with Crippen LogP contribution in [0.15, 0.2) is 23.0 Å². The molecule has 1 heterocycles. The van der Waals surface area contributed by atoms with Crippen molar-refractivity contribution in [2.75, 3.05) is 13.7 Å². The fourth-order valence-corrected chi connectivity index (χ4v) is 2.95. The zero-order valence-electron chi connectivity index (χ0n) is 16.3. The van der Waals surface area contributed by atoms with Crippen LogP contribution in [0.1, 0.15) is 46.0 Å². The van der Waals surface area contributed by atoms with E-state index in [1.807, 2.05) is 0 Å². The zero-order chi connectivity index (χ0) is 20.2. The third-order valence-corrected chi connectivity index (χ3v) is 4.13. The largest absolute Gasteiger partial charge is 0.444 e. The van der Waals surface area contributed by atoms with E-state index in [0.717, 1.165) is 0 Å². The first-order chi connectivity index (χ1) is 12.6. The minimum atomic E-state index is -0.619. The van der Waals surface area contributed by atoms with Gasteiger partial charge in [0.1, 0.15) is 11.4 Å². The van der Waals surface area contributed by atoms with Crippen LogP contribution in [0.2, 0.25) is 5.02 Å². The molecule has 0 fully saturated rings. The molecule has 0 bridgehead atoms. The predicted octanol–water partition coefficient (Wildman–Crippen LogP) is 3.67. The van der Waals surface area contributed by atoms with Crippen LogP contribution in [-0.4, -0.2) is 35.0 Å². The van der Waals surface area contributed by atoms with E-state index in [-0.39, 0.29) is 5.56 Å². The summed E-state index contributed by atoms with van der Waals surface area (Å²) in [4.78, 5) is 29.8. The molecule has 0 radical (unpaired) electrons. The highest BCUT2D eigenvalue weighted by Gasteiger charge is 2.22. The first kappa shape index (κ1) is 21.2. The van der Waals surface area contributed by atoms with Gasteiger partial charge in [0, 0.05) is 20.3 Å². The predicted molar refractivity (Wildman–Crippen MR) is 105 cm³/mol. The molecule has 0 aliphatic carbocycles. The molecule has 8 heteroatoms. The number of nitrogens with one attached hydrogen (secondary N) is 1. The zero-order valence-corrected chi connectivity index (χ0v) is 17.1. The molecule has 148 valence electrons. The monoisotopic (exact) mass is 395 g/mol. The number of methoxy groups -OCH3 is 1. The third-order valence-electron chi connectivity index (χ3n) is 3.81. The Morgan fingerprint density at radius 3 is 2.70 bits per heavy atom. The highest BCUT2D eigenvalue weighted by molar-refractivity contribution is 6.35. The molecule has 0 saturated carbocycles. The summed E-state index contributed by atoms with van der Waals surface area (Å²) in [5, 5.41) is 3.46. The van der Waals surface area contributed by atoms with Crippen LogP contribution >= 0.6 is 11.6 Å². The molecule has 1 atom stereocenters. The number of hydrogen-bond acceptors (Lipinski definition) is 5. The second kappa shape index (κ2) is 8.71. The summed E-state index contributed by atoms with van der Waals surface area (Å²) in [6.07, 6.45) is 0.0547. The van der Waals surface area contributed by atoms with E-state index in [9.17, 15) is 9.59 Å². The second-order valence-corrected chi connectivity index (χ2v) is 7.68. The molecular weight excluding hydrogens is 370 g/mol. The topological polar surface area (TPSA) is 82.4 Å². The number of carbonyl (C=O) groups excluding carboxylic acids is 1. The van der Waals surface area contributed by atoms with Gasteiger partial charge >= 0.3 is 6.09 Å². The lowest BCUT2D eigenvalue weighted by atomic mass is 10.2. The number of nitrogens with zero attached hydrogens (tertiary/aromatic N) is 2. The molecule has 1 N–H and O–H groups in total. The molecule has 7 nitrogen and oxygen atoms in total. The minimum Gasteiger partial charge on any atom is -0.444 e. The Morgan fingerprint density at radius 2 is 2.07 bits per heavy atom. The van der Waals surface area contributed by atoms with Crippen molar-refractivity contribution in [2.24, 2.45) is 0 Å². The highest BCUT2D eigenvalue weighted by atomic mass is 35.5. The Balaban J connectivity index is 2.45. The van der Waals surface area contributed by atoms with Gasteiger partial charge in [0.2, 0.25) is 0 Å². The summed E-state index contributed by atoms with van der Waals surface area (Å²) < 4.78 is 11.9. The summed E-state index contributed by atoms with van der Waals surface area (Å²) in [7, 11) is 1.60. The van der Waals surface area contributed by atoms with Gasteiger partial charge in [-0.3, -0.25) is 9.36 Å². The van der Waals surface area contributed by atoms with E-state index in [1.54, 1.807) is 53.0 Å². The maximum Gasteiger partial charge on any atom is 0.408 e. The summed E-state index contributed by atoms with van der Waals surface area (Å²) in [6.45, 7) is 8.02. The highest BCUT2D eigenvalue weighted by Crippen LogP contribution is 2.21. The van der Waals surface area contributed by atoms with Crippen molar-refractivity contribution in [1.29, 1.82) is 0 Å². The van der Waals surface area contributed by atoms with Crippen LogP contribution in [0.3, 0.4) is 0 Å². The molecule has 1 aromatic carbocycles. The van der Waals surface area contributed by atoms with Crippen LogP contribution in [0, 0.1) is 0 Å². The molecule has 2 rings (SSSR count). The molecule has 0 aliphatic heterocycles. The average Bonchev–Trinajstić information content (AvgIpc) is 2.54. The van der Waals surface area contributed by atoms with E-state index >= 15 is 0 Å². The smallest absolute Gasteiger partial charge is 0.408 e. The third kappa shape index (κ3) is 5.43. The van der Waals surface area contributed by atoms with Crippen molar-refractivity contribution in [3.63, 3.8) is 0 Å². The van der Waals surface area contributed by atoms with Gasteiger partial charge in [0.15, 0.2) is 0 Å². The molecule has 0 saturated heterocycles. The number of amides is 1. The number of carbonyl (C=O) groups is 1. The fraction of sp³-hybridized carbons (Fsp3) is 0.526. The Kier molecular flexibility index (Phi) is 6.84. The number of ether oxygens (including phenoxy) is 2. The Hall–Kier alpha value is -2.12. The van der Waals surface area contributed by atoms with Gasteiger partial charge in [-0.05, 0) is 46.2 Å². The van der Waals surface area contributed by atoms with Gasteiger partial charge in [-0.1, -0.05) is 17.7 Å². The Morgan fingerprint density at radius 1 is 1.37 bits per heavy atom. The van der Waals surface area contributed by atoms with Gasteiger partial charge < -0.3 is 14.8 Å². The van der Waals surface area contributed by atoms with E-state index in [1.165, 1.54) is 4.57 Å². The van der Waals surface area contributed by atoms with Gasteiger partial charge in [-0.25, -0.2) is 9.78 Å². The van der Waals surface area contributed by atoms with Crippen LogP contribution in [-0.2, 0) is 16.0 Å². The standard InChI is InChI=1S/C19H26ClN3O4/c1-12(21-18(25)27-19(2,3)4)16-22-14-9-6-8-13(20)15(14)17(24)23(16)10-7-11-26-5/h6,8-9,12H,7,10-11H2,1-5H3,(H,21,25)/t12-/m0/s1. The first-order valence-electron chi connectivity index (χ1n) is 8.81. The molecule has 0 aliphatic rings. The van der Waals surface area contributed by atoms with E-state index in [2.05, 4.69) is 10.3 Å². The van der Waals surface area contributed by atoms with Crippen molar-refractivity contribution in [1.82, 2.24) is 14.9 Å². The number of aromatic nitrogens is 2. The molecule has 2 aromatic rings. The van der Waals surface area contributed by atoms with Crippen LogP contribution in [0.5, 0.6) is 0 Å². The van der Waals surface area contributed by atoms with Crippen molar-refractivity contribution >= 4 is 28.6 Å². The normalized spacial score (nSPS) is 12.8. The van der Waals surface area contributed by atoms with E-state index < -0.39 is 17.7 Å². The number of hydrogen-bond donors (Lipinski definition) is 1. The van der Waals surface area contributed by atoms with E-state index in [4.69, 9.17) is 21.1 Å². The van der Waals surface area contributed by atoms with Gasteiger partial charge in [-0.15, -0.1) is 0 Å². The number of rotatable bonds is 6. The molecule has 1 aromatic heterocycles. The van der Waals surface area contributed by atoms with Crippen LogP contribution in [0.25, 0.3) is 10.9 Å².